The number of piperidine rings is 1. The normalized spacial score (nSPS) is 22.7. The molecule has 0 bridgehead atoms. The van der Waals surface area contributed by atoms with Gasteiger partial charge in [-0.3, -0.25) is 14.5 Å². The molecule has 0 aromatic heterocycles. The average molecular weight is 367 g/mol. The van der Waals surface area contributed by atoms with Gasteiger partial charge in [0, 0.05) is 12.1 Å². The highest BCUT2D eigenvalue weighted by Crippen LogP contribution is 2.46. The summed E-state index contributed by atoms with van der Waals surface area (Å²) in [7, 11) is 0. The monoisotopic (exact) mass is 366 g/mol. The van der Waals surface area contributed by atoms with Crippen LogP contribution in [0.25, 0.3) is 0 Å². The van der Waals surface area contributed by atoms with Gasteiger partial charge in [0.15, 0.2) is 0 Å². The molecule has 0 atom stereocenters. The molecule has 2 aliphatic rings. The van der Waals surface area contributed by atoms with E-state index in [1.807, 2.05) is 13.8 Å². The molecule has 0 aromatic rings. The van der Waals surface area contributed by atoms with E-state index in [4.69, 9.17) is 4.74 Å². The van der Waals surface area contributed by atoms with E-state index in [0.717, 1.165) is 25.9 Å². The number of ether oxygens (including phenoxy) is 1. The second-order valence-electron chi connectivity index (χ2n) is 9.95. The van der Waals surface area contributed by atoms with Crippen LogP contribution in [0.2, 0.25) is 0 Å². The van der Waals surface area contributed by atoms with Crippen molar-refractivity contribution in [2.24, 2.45) is 11.3 Å². The van der Waals surface area contributed by atoms with E-state index in [1.54, 1.807) is 0 Å². The number of likely N-dealkylation sites (tertiary alicyclic amines) is 1. The Kier molecular flexibility index (Phi) is 6.75. The average Bonchev–Trinajstić information content (AvgIpc) is 2.54. The molecule has 5 heteroatoms. The van der Waals surface area contributed by atoms with Crippen LogP contribution in [0, 0.1) is 11.3 Å². The van der Waals surface area contributed by atoms with Gasteiger partial charge in [0.1, 0.15) is 5.60 Å². The van der Waals surface area contributed by atoms with Gasteiger partial charge in [-0.2, -0.15) is 0 Å². The first kappa shape index (κ1) is 21.2. The number of nitrogens with zero attached hydrogens (tertiary/aromatic N) is 1. The molecule has 0 spiro atoms. The maximum Gasteiger partial charge on any atom is 0.293 e. The third-order valence-corrected chi connectivity index (χ3v) is 6.05. The molecular weight excluding hydrogens is 328 g/mol. The summed E-state index contributed by atoms with van der Waals surface area (Å²) >= 11 is 0. The van der Waals surface area contributed by atoms with Gasteiger partial charge in [0.05, 0.1) is 5.41 Å². The second kappa shape index (κ2) is 8.28. The highest BCUT2D eigenvalue weighted by Gasteiger charge is 2.48. The smallest absolute Gasteiger partial charge is 0.293 e. The molecular formula is C21H38N2O3. The Labute approximate surface area is 159 Å². The number of carbonyl (C=O) groups is 2. The fraction of sp³-hybridized carbons (Fsp3) is 0.905. The summed E-state index contributed by atoms with van der Waals surface area (Å²) in [6.07, 6.45) is 7.96. The number of hydrogen-bond acceptors (Lipinski definition) is 4. The maximum atomic E-state index is 13.3. The van der Waals surface area contributed by atoms with E-state index in [9.17, 15) is 9.59 Å². The Balaban J connectivity index is 2.09. The van der Waals surface area contributed by atoms with Crippen LogP contribution in [0.4, 0.5) is 0 Å². The highest BCUT2D eigenvalue weighted by molar-refractivity contribution is 5.83. The minimum absolute atomic E-state index is 0.199. The largest absolute Gasteiger partial charge is 0.461 e. The molecule has 1 aliphatic carbocycles. The fourth-order valence-electron chi connectivity index (χ4n) is 4.76. The Morgan fingerprint density at radius 2 is 1.69 bits per heavy atom. The highest BCUT2D eigenvalue weighted by atomic mass is 16.5. The van der Waals surface area contributed by atoms with Gasteiger partial charge >= 0.3 is 0 Å². The van der Waals surface area contributed by atoms with Crippen molar-refractivity contribution in [2.75, 3.05) is 19.6 Å². The van der Waals surface area contributed by atoms with Crippen molar-refractivity contribution in [3.05, 3.63) is 0 Å². The van der Waals surface area contributed by atoms with Crippen molar-refractivity contribution < 1.29 is 14.3 Å². The molecule has 1 amide bonds. The zero-order valence-electron chi connectivity index (χ0n) is 17.4. The lowest BCUT2D eigenvalue weighted by Crippen LogP contribution is -2.57. The molecule has 0 unspecified atom stereocenters. The molecule has 0 radical (unpaired) electrons. The first-order valence-electron chi connectivity index (χ1n) is 10.2. The third-order valence-electron chi connectivity index (χ3n) is 6.05. The van der Waals surface area contributed by atoms with Crippen molar-refractivity contribution >= 4 is 12.4 Å². The van der Waals surface area contributed by atoms with Crippen molar-refractivity contribution in [3.8, 4) is 0 Å². The summed E-state index contributed by atoms with van der Waals surface area (Å²) in [6.45, 7) is 13.1. The first-order chi connectivity index (χ1) is 12.1. The van der Waals surface area contributed by atoms with Crippen LogP contribution >= 0.6 is 0 Å². The molecule has 26 heavy (non-hydrogen) atoms. The van der Waals surface area contributed by atoms with Crippen LogP contribution in [0.1, 0.15) is 79.6 Å². The van der Waals surface area contributed by atoms with Gasteiger partial charge in [0.25, 0.3) is 6.47 Å². The summed E-state index contributed by atoms with van der Waals surface area (Å²) < 4.78 is 5.21. The molecule has 5 nitrogen and oxygen atoms in total. The standard InChI is InChI=1S/C21H38N2O3/c1-19(2,3)22-18(25)21(17-9-7-6-8-10-17)11-13-23(14-12-21)15-20(4,5)26-16-24/h16-17H,6-15H2,1-5H3,(H,22,25). The third kappa shape index (κ3) is 5.45. The molecule has 2 fully saturated rings. The number of rotatable bonds is 6. The minimum atomic E-state index is -0.486. The topological polar surface area (TPSA) is 58.6 Å². The number of amides is 1. The molecule has 1 saturated carbocycles. The molecule has 150 valence electrons. The van der Waals surface area contributed by atoms with Crippen molar-refractivity contribution in [3.63, 3.8) is 0 Å². The van der Waals surface area contributed by atoms with E-state index in [2.05, 4.69) is 31.0 Å². The van der Waals surface area contributed by atoms with Crippen LogP contribution in [0.15, 0.2) is 0 Å². The summed E-state index contributed by atoms with van der Waals surface area (Å²) in [5.41, 5.74) is -0.921. The van der Waals surface area contributed by atoms with Crippen LogP contribution in [-0.2, 0) is 14.3 Å². The van der Waals surface area contributed by atoms with Crippen LogP contribution in [0.3, 0.4) is 0 Å². The molecule has 1 saturated heterocycles. The summed E-state index contributed by atoms with van der Waals surface area (Å²) in [4.78, 5) is 26.4. The lowest BCUT2D eigenvalue weighted by Gasteiger charge is -2.48. The minimum Gasteiger partial charge on any atom is -0.461 e. The molecule has 1 aliphatic heterocycles. The van der Waals surface area contributed by atoms with E-state index in [1.165, 1.54) is 32.1 Å². The summed E-state index contributed by atoms with van der Waals surface area (Å²) in [6, 6.07) is 0. The van der Waals surface area contributed by atoms with E-state index in [0.29, 0.717) is 18.9 Å². The quantitative estimate of drug-likeness (QED) is 0.731. The number of carbonyl (C=O) groups excluding carboxylic acids is 2. The summed E-state index contributed by atoms with van der Waals surface area (Å²) in [5.74, 6) is 0.750. The Bertz CT molecular complexity index is 482. The van der Waals surface area contributed by atoms with Gasteiger partial charge in [-0.15, -0.1) is 0 Å². The van der Waals surface area contributed by atoms with Crippen LogP contribution in [0.5, 0.6) is 0 Å². The zero-order chi connectivity index (χ0) is 19.4. The molecule has 1 heterocycles. The predicted octanol–water partition coefficient (Wildman–Crippen LogP) is 3.52. The van der Waals surface area contributed by atoms with E-state index in [-0.39, 0.29) is 16.9 Å². The molecule has 1 N–H and O–H groups in total. The Hall–Kier alpha value is -1.10. The van der Waals surface area contributed by atoms with Crippen LogP contribution in [-0.4, -0.2) is 48.1 Å². The van der Waals surface area contributed by atoms with E-state index < -0.39 is 5.60 Å². The molecule has 2 rings (SSSR count). The zero-order valence-corrected chi connectivity index (χ0v) is 17.4. The van der Waals surface area contributed by atoms with Crippen molar-refractivity contribution in [2.45, 2.75) is 90.7 Å². The predicted molar refractivity (Wildman–Crippen MR) is 104 cm³/mol. The first-order valence-corrected chi connectivity index (χ1v) is 10.2. The second-order valence-corrected chi connectivity index (χ2v) is 9.95. The number of nitrogens with one attached hydrogen (secondary N) is 1. The van der Waals surface area contributed by atoms with Crippen molar-refractivity contribution in [1.82, 2.24) is 10.2 Å². The van der Waals surface area contributed by atoms with Crippen LogP contribution < -0.4 is 5.32 Å². The Morgan fingerprint density at radius 1 is 1.12 bits per heavy atom. The van der Waals surface area contributed by atoms with Crippen molar-refractivity contribution in [1.29, 1.82) is 0 Å². The fourth-order valence-corrected chi connectivity index (χ4v) is 4.76. The van der Waals surface area contributed by atoms with Gasteiger partial charge < -0.3 is 10.1 Å². The molecule has 0 aromatic carbocycles. The van der Waals surface area contributed by atoms with E-state index >= 15 is 0 Å². The van der Waals surface area contributed by atoms with Gasteiger partial charge in [-0.05, 0) is 79.3 Å². The lowest BCUT2D eigenvalue weighted by atomic mass is 9.63. The van der Waals surface area contributed by atoms with Gasteiger partial charge in [0.2, 0.25) is 5.91 Å². The van der Waals surface area contributed by atoms with Gasteiger partial charge in [-0.25, -0.2) is 0 Å². The Morgan fingerprint density at radius 3 is 2.19 bits per heavy atom. The maximum absolute atomic E-state index is 13.3. The SMILES string of the molecule is CC(C)(C)NC(=O)C1(C2CCCCC2)CCN(CC(C)(C)OC=O)CC1. The lowest BCUT2D eigenvalue weighted by molar-refractivity contribution is -0.145. The number of hydrogen-bond donors (Lipinski definition) is 1. The van der Waals surface area contributed by atoms with Gasteiger partial charge in [-0.1, -0.05) is 19.3 Å². The summed E-state index contributed by atoms with van der Waals surface area (Å²) in [5, 5.41) is 3.28.